The number of nitrogens with one attached hydrogen (secondary N) is 2. The number of anilines is 1. The van der Waals surface area contributed by atoms with Gasteiger partial charge >= 0.3 is 0 Å². The zero-order valence-electron chi connectivity index (χ0n) is 12.5. The van der Waals surface area contributed by atoms with Crippen molar-refractivity contribution in [3.8, 4) is 0 Å². The molecule has 0 aliphatic carbocycles. The second-order valence-electron chi connectivity index (χ2n) is 5.27. The maximum Gasteiger partial charge on any atom is 0.234 e. The van der Waals surface area contributed by atoms with Gasteiger partial charge in [0.15, 0.2) is 5.16 Å². The predicted molar refractivity (Wildman–Crippen MR) is 91.4 cm³/mol. The van der Waals surface area contributed by atoms with E-state index in [9.17, 15) is 4.79 Å². The van der Waals surface area contributed by atoms with Crippen LogP contribution in [0.1, 0.15) is 11.1 Å². The highest BCUT2D eigenvalue weighted by Crippen LogP contribution is 2.20. The van der Waals surface area contributed by atoms with Crippen molar-refractivity contribution in [1.29, 1.82) is 0 Å². The molecule has 0 radical (unpaired) electrons. The Morgan fingerprint density at radius 1 is 1.14 bits per heavy atom. The fourth-order valence-corrected chi connectivity index (χ4v) is 2.82. The lowest BCUT2D eigenvalue weighted by atomic mass is 10.2. The second kappa shape index (κ2) is 6.23. The summed E-state index contributed by atoms with van der Waals surface area (Å²) in [5, 5.41) is 3.64. The van der Waals surface area contributed by atoms with Crippen LogP contribution in [0.25, 0.3) is 11.0 Å². The minimum absolute atomic E-state index is 0.0366. The number of carbonyl (C=O) groups excluding carboxylic acids is 1. The molecular weight excluding hydrogens is 294 g/mol. The molecule has 0 aliphatic rings. The number of carbonyl (C=O) groups is 1. The Labute approximate surface area is 133 Å². The van der Waals surface area contributed by atoms with Crippen LogP contribution >= 0.6 is 11.8 Å². The van der Waals surface area contributed by atoms with Gasteiger partial charge < -0.3 is 10.3 Å². The van der Waals surface area contributed by atoms with E-state index in [1.807, 2.05) is 50.2 Å². The standard InChI is InChI=1S/C17H17N3OS/c1-11-3-6-13(7-4-11)18-16(21)10-22-17-19-14-8-5-12(2)9-15(14)20-17/h3-9H,10H2,1-2H3,(H,18,21)(H,19,20). The molecule has 2 N–H and O–H groups in total. The highest BCUT2D eigenvalue weighted by Gasteiger charge is 2.07. The number of hydrogen-bond acceptors (Lipinski definition) is 3. The van der Waals surface area contributed by atoms with Crippen molar-refractivity contribution < 1.29 is 4.79 Å². The molecule has 0 fully saturated rings. The second-order valence-corrected chi connectivity index (χ2v) is 6.23. The van der Waals surface area contributed by atoms with Crippen molar-refractivity contribution >= 4 is 34.4 Å². The first-order valence-corrected chi connectivity index (χ1v) is 8.04. The molecule has 0 saturated carbocycles. The summed E-state index contributed by atoms with van der Waals surface area (Å²) in [6, 6.07) is 13.8. The number of imidazole rings is 1. The van der Waals surface area contributed by atoms with Gasteiger partial charge in [0, 0.05) is 5.69 Å². The molecule has 5 heteroatoms. The Morgan fingerprint density at radius 2 is 1.86 bits per heavy atom. The number of fused-ring (bicyclic) bond motifs is 1. The van der Waals surface area contributed by atoms with Crippen LogP contribution < -0.4 is 5.32 Å². The number of rotatable bonds is 4. The maximum atomic E-state index is 12.0. The van der Waals surface area contributed by atoms with Gasteiger partial charge in [0.1, 0.15) is 0 Å². The van der Waals surface area contributed by atoms with Crippen LogP contribution in [0.2, 0.25) is 0 Å². The van der Waals surface area contributed by atoms with Gasteiger partial charge in [-0.15, -0.1) is 0 Å². The van der Waals surface area contributed by atoms with E-state index in [1.54, 1.807) is 0 Å². The number of aryl methyl sites for hydroxylation is 2. The molecule has 3 rings (SSSR count). The lowest BCUT2D eigenvalue weighted by Crippen LogP contribution is -2.14. The predicted octanol–water partition coefficient (Wildman–Crippen LogP) is 3.91. The molecule has 3 aromatic rings. The molecule has 0 saturated heterocycles. The van der Waals surface area contributed by atoms with Gasteiger partial charge in [0.25, 0.3) is 0 Å². The van der Waals surface area contributed by atoms with Crippen LogP contribution in [0.15, 0.2) is 47.6 Å². The number of H-pyrrole nitrogens is 1. The summed E-state index contributed by atoms with van der Waals surface area (Å²) in [4.78, 5) is 19.7. The molecule has 0 spiro atoms. The van der Waals surface area contributed by atoms with Crippen LogP contribution in [0, 0.1) is 13.8 Å². The zero-order chi connectivity index (χ0) is 15.5. The number of thioether (sulfide) groups is 1. The van der Waals surface area contributed by atoms with Gasteiger partial charge in [-0.25, -0.2) is 4.98 Å². The van der Waals surface area contributed by atoms with Crippen LogP contribution in [-0.4, -0.2) is 21.6 Å². The summed E-state index contributed by atoms with van der Waals surface area (Å²) in [7, 11) is 0. The minimum Gasteiger partial charge on any atom is -0.333 e. The van der Waals surface area contributed by atoms with E-state index in [0.717, 1.165) is 21.9 Å². The van der Waals surface area contributed by atoms with Crippen molar-refractivity contribution in [1.82, 2.24) is 9.97 Å². The average molecular weight is 311 g/mol. The molecular formula is C17H17N3OS. The third-order valence-corrected chi connectivity index (χ3v) is 4.16. The first-order chi connectivity index (χ1) is 10.6. The highest BCUT2D eigenvalue weighted by molar-refractivity contribution is 7.99. The van der Waals surface area contributed by atoms with Gasteiger partial charge in [-0.05, 0) is 43.7 Å². The normalized spacial score (nSPS) is 10.8. The fraction of sp³-hybridized carbons (Fsp3) is 0.176. The molecule has 0 atom stereocenters. The summed E-state index contributed by atoms with van der Waals surface area (Å²) in [5.41, 5.74) is 5.10. The van der Waals surface area contributed by atoms with Crippen LogP contribution in [0.5, 0.6) is 0 Å². The maximum absolute atomic E-state index is 12.0. The van der Waals surface area contributed by atoms with Gasteiger partial charge in [-0.3, -0.25) is 4.79 Å². The lowest BCUT2D eigenvalue weighted by Gasteiger charge is -2.04. The Bertz CT molecular complexity index is 808. The number of aromatic amines is 1. The van der Waals surface area contributed by atoms with E-state index in [-0.39, 0.29) is 5.91 Å². The van der Waals surface area contributed by atoms with Crippen molar-refractivity contribution in [2.75, 3.05) is 11.1 Å². The Balaban J connectivity index is 1.61. The molecule has 0 bridgehead atoms. The van der Waals surface area contributed by atoms with Crippen molar-refractivity contribution in [2.24, 2.45) is 0 Å². The summed E-state index contributed by atoms with van der Waals surface area (Å²) >= 11 is 1.40. The SMILES string of the molecule is Cc1ccc(NC(=O)CSc2nc3ccc(C)cc3[nH]2)cc1. The van der Waals surface area contributed by atoms with Crippen molar-refractivity contribution in [3.05, 3.63) is 53.6 Å². The zero-order valence-corrected chi connectivity index (χ0v) is 13.3. The number of benzene rings is 2. The van der Waals surface area contributed by atoms with Gasteiger partial charge in [0.05, 0.1) is 16.8 Å². The van der Waals surface area contributed by atoms with Crippen LogP contribution in [0.3, 0.4) is 0 Å². The molecule has 1 aromatic heterocycles. The fourth-order valence-electron chi connectivity index (χ4n) is 2.14. The van der Waals surface area contributed by atoms with E-state index in [1.165, 1.54) is 22.9 Å². The molecule has 112 valence electrons. The molecule has 1 amide bonds. The highest BCUT2D eigenvalue weighted by atomic mass is 32.2. The van der Waals surface area contributed by atoms with Crippen LogP contribution in [0.4, 0.5) is 5.69 Å². The summed E-state index contributed by atoms with van der Waals surface area (Å²) in [5.74, 6) is 0.289. The van der Waals surface area contributed by atoms with E-state index >= 15 is 0 Å². The average Bonchev–Trinajstić information content (AvgIpc) is 2.89. The monoisotopic (exact) mass is 311 g/mol. The number of amides is 1. The number of aromatic nitrogens is 2. The van der Waals surface area contributed by atoms with Crippen molar-refractivity contribution in [2.45, 2.75) is 19.0 Å². The quantitative estimate of drug-likeness (QED) is 0.718. The largest absolute Gasteiger partial charge is 0.333 e. The first kappa shape index (κ1) is 14.7. The Kier molecular flexibility index (Phi) is 4.15. The Morgan fingerprint density at radius 3 is 2.64 bits per heavy atom. The van der Waals surface area contributed by atoms with E-state index < -0.39 is 0 Å². The van der Waals surface area contributed by atoms with E-state index in [0.29, 0.717) is 5.75 Å². The number of nitrogens with zero attached hydrogens (tertiary/aromatic N) is 1. The van der Waals surface area contributed by atoms with Crippen LogP contribution in [-0.2, 0) is 4.79 Å². The molecule has 2 aromatic carbocycles. The molecule has 1 heterocycles. The van der Waals surface area contributed by atoms with Gasteiger partial charge in [0.2, 0.25) is 5.91 Å². The Hall–Kier alpha value is -2.27. The summed E-state index contributed by atoms with van der Waals surface area (Å²) in [6.45, 7) is 4.06. The van der Waals surface area contributed by atoms with E-state index in [2.05, 4.69) is 21.4 Å². The third-order valence-electron chi connectivity index (χ3n) is 3.29. The molecule has 4 nitrogen and oxygen atoms in total. The lowest BCUT2D eigenvalue weighted by molar-refractivity contribution is -0.113. The van der Waals surface area contributed by atoms with Gasteiger partial charge in [-0.1, -0.05) is 35.5 Å². The van der Waals surface area contributed by atoms with E-state index in [4.69, 9.17) is 0 Å². The van der Waals surface area contributed by atoms with Crippen molar-refractivity contribution in [3.63, 3.8) is 0 Å². The summed E-state index contributed by atoms with van der Waals surface area (Å²) in [6.07, 6.45) is 0. The smallest absolute Gasteiger partial charge is 0.234 e. The molecule has 0 aliphatic heterocycles. The first-order valence-electron chi connectivity index (χ1n) is 7.06. The summed E-state index contributed by atoms with van der Waals surface area (Å²) < 4.78 is 0. The van der Waals surface area contributed by atoms with Gasteiger partial charge in [-0.2, -0.15) is 0 Å². The molecule has 0 unspecified atom stereocenters. The molecule has 22 heavy (non-hydrogen) atoms. The third kappa shape index (κ3) is 3.49. The topological polar surface area (TPSA) is 57.8 Å². The number of hydrogen-bond donors (Lipinski definition) is 2. The minimum atomic E-state index is -0.0366.